The molecule has 1 aromatic rings. The first-order valence-electron chi connectivity index (χ1n) is 6.98. The van der Waals surface area contributed by atoms with Gasteiger partial charge in [0.25, 0.3) is 10.0 Å². The molecule has 1 aromatic heterocycles. The van der Waals surface area contributed by atoms with Gasteiger partial charge in [-0.05, 0) is 43.9 Å². The van der Waals surface area contributed by atoms with Crippen molar-refractivity contribution in [3.05, 3.63) is 17.9 Å². The second-order valence-corrected chi connectivity index (χ2v) is 6.94. The Bertz CT molecular complexity index is 520. The summed E-state index contributed by atoms with van der Waals surface area (Å²) < 4.78 is 31.9. The van der Waals surface area contributed by atoms with Gasteiger partial charge in [-0.1, -0.05) is 6.92 Å². The highest BCUT2D eigenvalue weighted by molar-refractivity contribution is 7.89. The van der Waals surface area contributed by atoms with E-state index in [1.807, 2.05) is 0 Å². The van der Waals surface area contributed by atoms with Crippen LogP contribution in [-0.4, -0.2) is 32.7 Å². The number of sulfonamides is 1. The molecule has 114 valence electrons. The second kappa shape index (κ2) is 6.71. The van der Waals surface area contributed by atoms with Gasteiger partial charge in [0.1, 0.15) is 5.76 Å². The van der Waals surface area contributed by atoms with Crippen molar-refractivity contribution in [3.8, 4) is 0 Å². The van der Waals surface area contributed by atoms with Crippen molar-refractivity contribution in [1.82, 2.24) is 10.0 Å². The molecule has 1 aliphatic rings. The fraction of sp³-hybridized carbons (Fsp3) is 0.692. The van der Waals surface area contributed by atoms with E-state index in [0.717, 1.165) is 13.0 Å². The average Bonchev–Trinajstić information content (AvgIpc) is 2.83. The highest BCUT2D eigenvalue weighted by Crippen LogP contribution is 2.26. The molecule has 0 atom stereocenters. The Hall–Kier alpha value is -0.890. The summed E-state index contributed by atoms with van der Waals surface area (Å²) >= 11 is 0. The molecule has 2 rings (SSSR count). The van der Waals surface area contributed by atoms with Crippen molar-refractivity contribution in [3.63, 3.8) is 0 Å². The third-order valence-electron chi connectivity index (χ3n) is 3.40. The molecule has 20 heavy (non-hydrogen) atoms. The minimum atomic E-state index is -3.58. The molecule has 0 bridgehead atoms. The zero-order valence-corrected chi connectivity index (χ0v) is 12.4. The van der Waals surface area contributed by atoms with Crippen molar-refractivity contribution in [2.75, 3.05) is 13.1 Å². The van der Waals surface area contributed by atoms with Gasteiger partial charge < -0.3 is 14.8 Å². The van der Waals surface area contributed by atoms with Gasteiger partial charge in [0.2, 0.25) is 5.09 Å². The summed E-state index contributed by atoms with van der Waals surface area (Å²) in [5.74, 6) is 0.832. The molecule has 0 aromatic carbocycles. The maximum atomic E-state index is 12.0. The van der Waals surface area contributed by atoms with Gasteiger partial charge in [-0.2, -0.15) is 0 Å². The third-order valence-corrected chi connectivity index (χ3v) is 4.70. The van der Waals surface area contributed by atoms with E-state index < -0.39 is 10.0 Å². The fourth-order valence-electron chi connectivity index (χ4n) is 2.15. The number of hydrogen-bond acceptors (Lipinski definition) is 5. The topological polar surface area (TPSA) is 91.6 Å². The molecule has 0 spiro atoms. The summed E-state index contributed by atoms with van der Waals surface area (Å²) in [4.78, 5) is 0. The van der Waals surface area contributed by atoms with Gasteiger partial charge in [0.05, 0.1) is 12.6 Å². The van der Waals surface area contributed by atoms with Crippen molar-refractivity contribution in [2.24, 2.45) is 5.92 Å². The Morgan fingerprint density at radius 2 is 2.15 bits per heavy atom. The van der Waals surface area contributed by atoms with E-state index in [2.05, 4.69) is 17.0 Å². The van der Waals surface area contributed by atoms with Crippen LogP contribution in [0.2, 0.25) is 0 Å². The average molecular weight is 302 g/mol. The van der Waals surface area contributed by atoms with Crippen molar-refractivity contribution in [2.45, 2.75) is 43.9 Å². The monoisotopic (exact) mass is 302 g/mol. The first kappa shape index (κ1) is 15.5. The van der Waals surface area contributed by atoms with E-state index in [9.17, 15) is 8.42 Å². The Labute approximate surface area is 119 Å². The van der Waals surface area contributed by atoms with Gasteiger partial charge in [0, 0.05) is 6.54 Å². The predicted molar refractivity (Wildman–Crippen MR) is 74.6 cm³/mol. The summed E-state index contributed by atoms with van der Waals surface area (Å²) in [7, 11) is -3.58. The molecule has 0 aliphatic heterocycles. The van der Waals surface area contributed by atoms with Gasteiger partial charge in [-0.3, -0.25) is 0 Å². The van der Waals surface area contributed by atoms with E-state index in [1.54, 1.807) is 6.07 Å². The first-order chi connectivity index (χ1) is 9.51. The van der Waals surface area contributed by atoms with Crippen molar-refractivity contribution < 1.29 is 17.9 Å². The largest absolute Gasteiger partial charge is 0.447 e. The van der Waals surface area contributed by atoms with Crippen LogP contribution >= 0.6 is 0 Å². The minimum absolute atomic E-state index is 0.0503. The number of nitrogens with one attached hydrogen (secondary N) is 2. The maximum absolute atomic E-state index is 12.0. The molecule has 0 saturated heterocycles. The van der Waals surface area contributed by atoms with E-state index in [1.165, 1.54) is 6.07 Å². The predicted octanol–water partition coefficient (Wildman–Crippen LogP) is 0.828. The van der Waals surface area contributed by atoms with Crippen LogP contribution in [-0.2, 0) is 16.6 Å². The summed E-state index contributed by atoms with van der Waals surface area (Å²) in [5, 5.41) is 12.3. The molecule has 1 heterocycles. The highest BCUT2D eigenvalue weighted by Gasteiger charge is 2.29. The summed E-state index contributed by atoms with van der Waals surface area (Å²) in [6.07, 6.45) is 2.06. The van der Waals surface area contributed by atoms with Crippen LogP contribution < -0.4 is 10.0 Å². The standard InChI is InChI=1S/C13H22N2O4S/c1-2-5-14-9-12-3-4-13(19-12)20(17,18)15-8-10-6-11(16)7-10/h3-4,10-11,14-16H,2,5-9H2,1H3. The van der Waals surface area contributed by atoms with Gasteiger partial charge in [-0.25, -0.2) is 13.1 Å². The SMILES string of the molecule is CCCNCc1ccc(S(=O)(=O)NCC2CC(O)C2)o1. The van der Waals surface area contributed by atoms with Crippen LogP contribution in [0.4, 0.5) is 0 Å². The Balaban J connectivity index is 1.85. The highest BCUT2D eigenvalue weighted by atomic mass is 32.2. The van der Waals surface area contributed by atoms with Crippen LogP contribution in [0.3, 0.4) is 0 Å². The molecule has 7 heteroatoms. The van der Waals surface area contributed by atoms with Crippen LogP contribution in [0.15, 0.2) is 21.6 Å². The number of aliphatic hydroxyl groups excluding tert-OH is 1. The molecular weight excluding hydrogens is 280 g/mol. The maximum Gasteiger partial charge on any atom is 0.273 e. The quantitative estimate of drug-likeness (QED) is 0.619. The fourth-order valence-corrected chi connectivity index (χ4v) is 3.21. The minimum Gasteiger partial charge on any atom is -0.447 e. The van der Waals surface area contributed by atoms with E-state index in [4.69, 9.17) is 9.52 Å². The smallest absolute Gasteiger partial charge is 0.273 e. The van der Waals surface area contributed by atoms with Gasteiger partial charge in [-0.15, -0.1) is 0 Å². The van der Waals surface area contributed by atoms with Crippen LogP contribution in [0.25, 0.3) is 0 Å². The number of furan rings is 1. The lowest BCUT2D eigenvalue weighted by atomic mass is 9.83. The number of aliphatic hydroxyl groups is 1. The zero-order chi connectivity index (χ0) is 14.6. The molecular formula is C13H22N2O4S. The van der Waals surface area contributed by atoms with E-state index in [-0.39, 0.29) is 17.1 Å². The third kappa shape index (κ3) is 4.05. The second-order valence-electron chi connectivity index (χ2n) is 5.24. The van der Waals surface area contributed by atoms with Gasteiger partial charge in [0.15, 0.2) is 0 Å². The van der Waals surface area contributed by atoms with E-state index >= 15 is 0 Å². The first-order valence-corrected chi connectivity index (χ1v) is 8.46. The summed E-state index contributed by atoms with van der Waals surface area (Å²) in [5.41, 5.74) is 0. The molecule has 6 nitrogen and oxygen atoms in total. The Kier molecular flexibility index (Phi) is 5.20. The molecule has 0 unspecified atom stereocenters. The number of rotatable bonds is 8. The normalized spacial score (nSPS) is 22.7. The van der Waals surface area contributed by atoms with Crippen LogP contribution in [0, 0.1) is 5.92 Å². The van der Waals surface area contributed by atoms with Crippen molar-refractivity contribution in [1.29, 1.82) is 0 Å². The van der Waals surface area contributed by atoms with Crippen molar-refractivity contribution >= 4 is 10.0 Å². The van der Waals surface area contributed by atoms with Gasteiger partial charge >= 0.3 is 0 Å². The number of hydrogen-bond donors (Lipinski definition) is 3. The molecule has 0 amide bonds. The molecule has 3 N–H and O–H groups in total. The lowest BCUT2D eigenvalue weighted by Crippen LogP contribution is -2.38. The zero-order valence-electron chi connectivity index (χ0n) is 11.6. The van der Waals surface area contributed by atoms with E-state index in [0.29, 0.717) is 31.7 Å². The van der Waals surface area contributed by atoms with Crippen LogP contribution in [0.1, 0.15) is 31.9 Å². The molecule has 0 radical (unpaired) electrons. The molecule has 1 fully saturated rings. The molecule has 1 aliphatic carbocycles. The lowest BCUT2D eigenvalue weighted by Gasteiger charge is -2.31. The molecule has 1 saturated carbocycles. The Morgan fingerprint density at radius 1 is 1.40 bits per heavy atom. The van der Waals surface area contributed by atoms with Crippen LogP contribution in [0.5, 0.6) is 0 Å². The Morgan fingerprint density at radius 3 is 2.80 bits per heavy atom. The summed E-state index contributed by atoms with van der Waals surface area (Å²) in [6.45, 7) is 3.80. The summed E-state index contributed by atoms with van der Waals surface area (Å²) in [6, 6.07) is 3.14. The lowest BCUT2D eigenvalue weighted by molar-refractivity contribution is 0.0453.